The van der Waals surface area contributed by atoms with Crippen LogP contribution in [0.2, 0.25) is 0 Å². The molecule has 29 heavy (non-hydrogen) atoms. The summed E-state index contributed by atoms with van der Waals surface area (Å²) in [4.78, 5) is 23.7. The summed E-state index contributed by atoms with van der Waals surface area (Å²) in [7, 11) is -4.01. The molecule has 0 spiro atoms. The molecule has 0 radical (unpaired) electrons. The number of hydrogen-bond donors (Lipinski definition) is 2. The Labute approximate surface area is 167 Å². The molecule has 0 aliphatic rings. The molecule has 3 rings (SSSR count). The highest BCUT2D eigenvalue weighted by molar-refractivity contribution is 7.92. The third-order valence-electron chi connectivity index (χ3n) is 4.07. The van der Waals surface area contributed by atoms with Gasteiger partial charge in [0.15, 0.2) is 5.78 Å². The van der Waals surface area contributed by atoms with Gasteiger partial charge >= 0.3 is 0 Å². The van der Waals surface area contributed by atoms with Crippen LogP contribution >= 0.6 is 0 Å². The summed E-state index contributed by atoms with van der Waals surface area (Å²) in [5.41, 5.74) is 0.965. The van der Waals surface area contributed by atoms with Crippen molar-refractivity contribution in [3.63, 3.8) is 0 Å². The Morgan fingerprint density at radius 2 is 1.55 bits per heavy atom. The summed E-state index contributed by atoms with van der Waals surface area (Å²) in [5.74, 6) is -1.28. The Bertz CT molecular complexity index is 1180. The summed E-state index contributed by atoms with van der Waals surface area (Å²) < 4.78 is 40.7. The quantitative estimate of drug-likeness (QED) is 0.597. The summed E-state index contributed by atoms with van der Waals surface area (Å²) in [5, 5.41) is 2.65. The summed E-state index contributed by atoms with van der Waals surface area (Å²) >= 11 is 0. The molecular weight excluding hydrogens is 395 g/mol. The predicted molar refractivity (Wildman–Crippen MR) is 108 cm³/mol. The Morgan fingerprint density at radius 3 is 2.21 bits per heavy atom. The smallest absolute Gasteiger partial charge is 0.261 e. The van der Waals surface area contributed by atoms with E-state index in [1.165, 1.54) is 49.4 Å². The lowest BCUT2D eigenvalue weighted by Crippen LogP contribution is -2.15. The van der Waals surface area contributed by atoms with Crippen molar-refractivity contribution in [2.75, 3.05) is 10.0 Å². The zero-order chi connectivity index (χ0) is 21.0. The number of benzene rings is 3. The first-order chi connectivity index (χ1) is 13.8. The van der Waals surface area contributed by atoms with Crippen LogP contribution in [0.5, 0.6) is 0 Å². The van der Waals surface area contributed by atoms with Crippen LogP contribution in [0, 0.1) is 5.82 Å². The Morgan fingerprint density at radius 1 is 0.862 bits per heavy atom. The van der Waals surface area contributed by atoms with E-state index in [0.29, 0.717) is 11.3 Å². The van der Waals surface area contributed by atoms with Crippen LogP contribution in [0.4, 0.5) is 15.8 Å². The number of carbonyl (C=O) groups excluding carboxylic acids is 2. The molecule has 3 aromatic rings. The van der Waals surface area contributed by atoms with Crippen molar-refractivity contribution in [2.24, 2.45) is 0 Å². The van der Waals surface area contributed by atoms with Crippen molar-refractivity contribution in [3.05, 3.63) is 89.7 Å². The minimum Gasteiger partial charge on any atom is -0.322 e. The average molecular weight is 412 g/mol. The fourth-order valence-electron chi connectivity index (χ4n) is 2.55. The van der Waals surface area contributed by atoms with Gasteiger partial charge in [-0.3, -0.25) is 14.3 Å². The Balaban J connectivity index is 1.75. The number of nitrogens with one attached hydrogen (secondary N) is 2. The second kappa shape index (κ2) is 8.24. The van der Waals surface area contributed by atoms with Gasteiger partial charge in [-0.05, 0) is 55.5 Å². The highest BCUT2D eigenvalue weighted by Crippen LogP contribution is 2.20. The molecule has 0 aliphatic carbocycles. The molecule has 0 saturated carbocycles. The molecular formula is C21H17FN2O4S. The lowest BCUT2D eigenvalue weighted by atomic mass is 10.1. The molecule has 0 saturated heterocycles. The predicted octanol–water partition coefficient (Wildman–Crippen LogP) is 4.08. The lowest BCUT2D eigenvalue weighted by Gasteiger charge is -2.10. The molecule has 0 bridgehead atoms. The molecule has 6 nitrogen and oxygen atoms in total. The standard InChI is InChI=1S/C21H17FN2O4S/c1-14(25)16-5-4-6-17(13-16)23-21(26)15-9-11-18(12-10-15)29(27,28)24-20-8-3-2-7-19(20)22/h2-13,24H,1H3,(H,23,26). The van der Waals surface area contributed by atoms with E-state index in [9.17, 15) is 22.4 Å². The van der Waals surface area contributed by atoms with E-state index in [-0.39, 0.29) is 21.9 Å². The minimum atomic E-state index is -4.01. The van der Waals surface area contributed by atoms with E-state index in [4.69, 9.17) is 0 Å². The molecule has 0 fully saturated rings. The van der Waals surface area contributed by atoms with Gasteiger partial charge in [0.1, 0.15) is 5.82 Å². The molecule has 2 N–H and O–H groups in total. The third-order valence-corrected chi connectivity index (χ3v) is 5.45. The van der Waals surface area contributed by atoms with E-state index >= 15 is 0 Å². The second-order valence-electron chi connectivity index (χ2n) is 6.20. The lowest BCUT2D eigenvalue weighted by molar-refractivity contribution is 0.101. The number of rotatable bonds is 6. The van der Waals surface area contributed by atoms with Gasteiger partial charge in [0.05, 0.1) is 10.6 Å². The van der Waals surface area contributed by atoms with Gasteiger partial charge in [-0.2, -0.15) is 0 Å². The Hall–Kier alpha value is -3.52. The van der Waals surface area contributed by atoms with Crippen molar-refractivity contribution in [3.8, 4) is 0 Å². The van der Waals surface area contributed by atoms with Crippen LogP contribution < -0.4 is 10.0 Å². The maximum Gasteiger partial charge on any atom is 0.261 e. The number of anilines is 2. The highest BCUT2D eigenvalue weighted by Gasteiger charge is 2.17. The van der Waals surface area contributed by atoms with Crippen LogP contribution in [-0.4, -0.2) is 20.1 Å². The van der Waals surface area contributed by atoms with E-state index < -0.39 is 21.7 Å². The first-order valence-electron chi connectivity index (χ1n) is 8.56. The number of amides is 1. The summed E-state index contributed by atoms with van der Waals surface area (Å²) in [6.45, 7) is 1.43. The molecule has 3 aromatic carbocycles. The Kier molecular flexibility index (Phi) is 5.74. The van der Waals surface area contributed by atoms with Gasteiger partial charge in [-0.1, -0.05) is 24.3 Å². The molecule has 0 aromatic heterocycles. The number of sulfonamides is 1. The number of ketones is 1. The zero-order valence-corrected chi connectivity index (χ0v) is 16.2. The van der Waals surface area contributed by atoms with E-state index in [1.54, 1.807) is 24.3 Å². The van der Waals surface area contributed by atoms with E-state index in [1.807, 2.05) is 0 Å². The number of Topliss-reactive ketones (excluding diaryl/α,β-unsaturated/α-hetero) is 1. The van der Waals surface area contributed by atoms with Crippen molar-refractivity contribution >= 4 is 33.1 Å². The second-order valence-corrected chi connectivity index (χ2v) is 7.88. The van der Waals surface area contributed by atoms with Crippen molar-refractivity contribution < 1.29 is 22.4 Å². The largest absolute Gasteiger partial charge is 0.322 e. The van der Waals surface area contributed by atoms with Crippen LogP contribution in [0.3, 0.4) is 0 Å². The fraction of sp³-hybridized carbons (Fsp3) is 0.0476. The maximum atomic E-state index is 13.7. The van der Waals surface area contributed by atoms with Gasteiger partial charge in [-0.25, -0.2) is 12.8 Å². The first kappa shape index (κ1) is 20.2. The molecule has 1 amide bonds. The zero-order valence-electron chi connectivity index (χ0n) is 15.3. The first-order valence-corrected chi connectivity index (χ1v) is 10.0. The maximum absolute atomic E-state index is 13.7. The summed E-state index contributed by atoms with van der Waals surface area (Å²) in [6, 6.07) is 17.1. The molecule has 0 heterocycles. The number of para-hydroxylation sites is 1. The van der Waals surface area contributed by atoms with Gasteiger partial charge in [0, 0.05) is 16.8 Å². The number of hydrogen-bond acceptors (Lipinski definition) is 4. The van der Waals surface area contributed by atoms with Gasteiger partial charge in [0.25, 0.3) is 15.9 Å². The monoisotopic (exact) mass is 412 g/mol. The van der Waals surface area contributed by atoms with Crippen molar-refractivity contribution in [1.82, 2.24) is 0 Å². The molecule has 0 unspecified atom stereocenters. The van der Waals surface area contributed by atoms with Crippen LogP contribution in [0.25, 0.3) is 0 Å². The third kappa shape index (κ3) is 4.85. The van der Waals surface area contributed by atoms with Gasteiger partial charge < -0.3 is 5.32 Å². The molecule has 148 valence electrons. The van der Waals surface area contributed by atoms with Crippen molar-refractivity contribution in [2.45, 2.75) is 11.8 Å². The van der Waals surface area contributed by atoms with Crippen LogP contribution in [0.15, 0.2) is 77.7 Å². The van der Waals surface area contributed by atoms with E-state index in [2.05, 4.69) is 10.0 Å². The SMILES string of the molecule is CC(=O)c1cccc(NC(=O)c2ccc(S(=O)(=O)Nc3ccccc3F)cc2)c1. The van der Waals surface area contributed by atoms with Gasteiger partial charge in [0.2, 0.25) is 0 Å². The van der Waals surface area contributed by atoms with Crippen LogP contribution in [0.1, 0.15) is 27.6 Å². The average Bonchev–Trinajstić information content (AvgIpc) is 2.70. The highest BCUT2D eigenvalue weighted by atomic mass is 32.2. The van der Waals surface area contributed by atoms with Gasteiger partial charge in [-0.15, -0.1) is 0 Å². The minimum absolute atomic E-state index is 0.115. The van der Waals surface area contributed by atoms with Crippen LogP contribution in [-0.2, 0) is 10.0 Å². The molecule has 0 aliphatic heterocycles. The summed E-state index contributed by atoms with van der Waals surface area (Å²) in [6.07, 6.45) is 0. The van der Waals surface area contributed by atoms with Crippen molar-refractivity contribution in [1.29, 1.82) is 0 Å². The molecule has 0 atom stereocenters. The normalized spacial score (nSPS) is 11.0. The number of carbonyl (C=O) groups is 2. The topological polar surface area (TPSA) is 92.3 Å². The number of halogens is 1. The fourth-order valence-corrected chi connectivity index (χ4v) is 3.62. The molecule has 8 heteroatoms. The van der Waals surface area contributed by atoms with E-state index in [0.717, 1.165) is 6.07 Å².